The Labute approximate surface area is 271 Å². The van der Waals surface area contributed by atoms with E-state index >= 15 is 0 Å². The van der Waals surface area contributed by atoms with E-state index in [9.17, 15) is 9.59 Å². The minimum Gasteiger partial charge on any atom is -0.463 e. The maximum Gasteiger partial charge on any atom is 0.330 e. The second-order valence-electron chi connectivity index (χ2n) is 10.1. The molecule has 0 spiro atoms. The smallest absolute Gasteiger partial charge is 0.330 e. The molecule has 0 heterocycles. The monoisotopic (exact) mass is 650 g/mol. The summed E-state index contributed by atoms with van der Waals surface area (Å²) < 4.78 is 53.3. The van der Waals surface area contributed by atoms with Gasteiger partial charge in [-0.05, 0) is 6.42 Å². The number of carbonyl (C=O) groups is 2. The van der Waals surface area contributed by atoms with Gasteiger partial charge in [0.1, 0.15) is 13.2 Å². The molecule has 0 atom stereocenters. The Morgan fingerprint density at radius 1 is 0.422 bits per heavy atom. The summed E-state index contributed by atoms with van der Waals surface area (Å²) in [7, 11) is 0. The molecule has 0 aromatic heterocycles. The van der Waals surface area contributed by atoms with Gasteiger partial charge < -0.3 is 47.4 Å². The SMILES string of the molecule is C=CC(=O)OCCOCCOCCOCCOCCOCCOCCOCCOCCOC(=O)CCCCCCCCCCC. The molecule has 266 valence electrons. The summed E-state index contributed by atoms with van der Waals surface area (Å²) in [5, 5.41) is 0. The summed E-state index contributed by atoms with van der Waals surface area (Å²) in [6.45, 7) is 13.3. The predicted molar refractivity (Wildman–Crippen MR) is 171 cm³/mol. The number of carbonyl (C=O) groups excluding carboxylic acids is 2. The van der Waals surface area contributed by atoms with Crippen LogP contribution in [-0.4, -0.2) is 131 Å². The van der Waals surface area contributed by atoms with Gasteiger partial charge in [0.05, 0.1) is 106 Å². The molecular weight excluding hydrogens is 588 g/mol. The molecule has 12 nitrogen and oxygen atoms in total. The molecule has 0 aromatic carbocycles. The van der Waals surface area contributed by atoms with Crippen LogP contribution in [0.1, 0.15) is 71.1 Å². The maximum absolute atomic E-state index is 11.8. The van der Waals surface area contributed by atoms with Gasteiger partial charge in [0, 0.05) is 12.5 Å². The van der Waals surface area contributed by atoms with Crippen molar-refractivity contribution in [2.75, 3.05) is 119 Å². The second kappa shape index (κ2) is 38.5. The summed E-state index contributed by atoms with van der Waals surface area (Å²) in [4.78, 5) is 22.6. The topological polar surface area (TPSA) is 126 Å². The van der Waals surface area contributed by atoms with E-state index in [1.807, 2.05) is 0 Å². The van der Waals surface area contributed by atoms with Crippen molar-refractivity contribution in [2.45, 2.75) is 71.1 Å². The highest BCUT2D eigenvalue weighted by molar-refractivity contribution is 5.81. The lowest BCUT2D eigenvalue weighted by molar-refractivity contribution is -0.145. The van der Waals surface area contributed by atoms with Gasteiger partial charge in [-0.25, -0.2) is 4.79 Å². The van der Waals surface area contributed by atoms with Crippen molar-refractivity contribution < 1.29 is 57.0 Å². The fourth-order valence-corrected chi connectivity index (χ4v) is 3.77. The highest BCUT2D eigenvalue weighted by Gasteiger charge is 2.03. The fraction of sp³-hybridized carbons (Fsp3) is 0.879. The van der Waals surface area contributed by atoms with Crippen LogP contribution in [0.25, 0.3) is 0 Å². The molecule has 0 radical (unpaired) electrons. The minimum absolute atomic E-state index is 0.140. The quantitative estimate of drug-likeness (QED) is 0.0537. The Morgan fingerprint density at radius 2 is 0.711 bits per heavy atom. The van der Waals surface area contributed by atoms with Crippen molar-refractivity contribution in [1.82, 2.24) is 0 Å². The average molecular weight is 651 g/mol. The van der Waals surface area contributed by atoms with Crippen LogP contribution in [0, 0.1) is 0 Å². The van der Waals surface area contributed by atoms with Crippen LogP contribution < -0.4 is 0 Å². The summed E-state index contributed by atoms with van der Waals surface area (Å²) in [5.74, 6) is -0.600. The minimum atomic E-state index is -0.460. The molecule has 0 saturated heterocycles. The van der Waals surface area contributed by atoms with Crippen LogP contribution >= 0.6 is 0 Å². The van der Waals surface area contributed by atoms with Crippen LogP contribution in [0.4, 0.5) is 0 Å². The van der Waals surface area contributed by atoms with E-state index in [0.29, 0.717) is 112 Å². The molecule has 0 aliphatic carbocycles. The first-order chi connectivity index (χ1) is 22.2. The van der Waals surface area contributed by atoms with Gasteiger partial charge in [-0.15, -0.1) is 0 Å². The molecule has 45 heavy (non-hydrogen) atoms. The van der Waals surface area contributed by atoms with Gasteiger partial charge in [0.25, 0.3) is 0 Å². The lowest BCUT2D eigenvalue weighted by atomic mass is 10.1. The zero-order chi connectivity index (χ0) is 32.7. The van der Waals surface area contributed by atoms with Crippen LogP contribution in [-0.2, 0) is 57.0 Å². The third kappa shape index (κ3) is 38.5. The Bertz CT molecular complexity index is 635. The molecule has 0 aliphatic heterocycles. The first-order valence-corrected chi connectivity index (χ1v) is 16.8. The zero-order valence-electron chi connectivity index (χ0n) is 28.0. The fourth-order valence-electron chi connectivity index (χ4n) is 3.77. The number of hydrogen-bond donors (Lipinski definition) is 0. The van der Waals surface area contributed by atoms with Gasteiger partial charge >= 0.3 is 11.9 Å². The van der Waals surface area contributed by atoms with Crippen molar-refractivity contribution in [3.05, 3.63) is 12.7 Å². The van der Waals surface area contributed by atoms with E-state index in [-0.39, 0.29) is 19.2 Å². The summed E-state index contributed by atoms with van der Waals surface area (Å²) in [6.07, 6.45) is 12.7. The number of hydrogen-bond acceptors (Lipinski definition) is 12. The van der Waals surface area contributed by atoms with E-state index in [2.05, 4.69) is 13.5 Å². The molecule has 0 aliphatic rings. The van der Waals surface area contributed by atoms with Crippen molar-refractivity contribution in [3.63, 3.8) is 0 Å². The molecule has 0 unspecified atom stereocenters. The summed E-state index contributed by atoms with van der Waals surface area (Å²) in [5.41, 5.74) is 0. The Hall–Kier alpha value is -1.64. The number of rotatable bonds is 38. The van der Waals surface area contributed by atoms with Crippen LogP contribution in [0.5, 0.6) is 0 Å². The van der Waals surface area contributed by atoms with Crippen LogP contribution in [0.2, 0.25) is 0 Å². The number of unbranched alkanes of at least 4 members (excludes halogenated alkanes) is 8. The van der Waals surface area contributed by atoms with E-state index in [1.54, 1.807) is 0 Å². The largest absolute Gasteiger partial charge is 0.463 e. The highest BCUT2D eigenvalue weighted by Crippen LogP contribution is 2.10. The normalized spacial score (nSPS) is 11.1. The second-order valence-corrected chi connectivity index (χ2v) is 10.1. The maximum atomic E-state index is 11.8. The Balaban J connectivity index is 3.13. The highest BCUT2D eigenvalue weighted by atomic mass is 16.6. The summed E-state index contributed by atoms with van der Waals surface area (Å²) in [6, 6.07) is 0. The van der Waals surface area contributed by atoms with E-state index in [1.165, 1.54) is 44.9 Å². The molecule has 12 heteroatoms. The van der Waals surface area contributed by atoms with Crippen molar-refractivity contribution >= 4 is 11.9 Å². The molecule has 0 bridgehead atoms. The third-order valence-corrected chi connectivity index (χ3v) is 6.22. The predicted octanol–water partition coefficient (Wildman–Crippen LogP) is 4.31. The Morgan fingerprint density at radius 3 is 1.04 bits per heavy atom. The zero-order valence-corrected chi connectivity index (χ0v) is 28.0. The lowest BCUT2D eigenvalue weighted by Gasteiger charge is -2.09. The van der Waals surface area contributed by atoms with Gasteiger partial charge in [0.15, 0.2) is 0 Å². The van der Waals surface area contributed by atoms with Crippen LogP contribution in [0.3, 0.4) is 0 Å². The molecule has 0 saturated carbocycles. The number of esters is 2. The average Bonchev–Trinajstić information content (AvgIpc) is 3.05. The van der Waals surface area contributed by atoms with E-state index < -0.39 is 5.97 Å². The van der Waals surface area contributed by atoms with Gasteiger partial charge in [-0.1, -0.05) is 64.9 Å². The van der Waals surface area contributed by atoms with E-state index in [4.69, 9.17) is 47.4 Å². The Kier molecular flexibility index (Phi) is 37.1. The standard InChI is InChI=1S/C33H62O12/c1-3-5-6-7-8-9-10-11-12-13-33(35)45-31-29-43-27-25-41-23-21-39-19-17-37-15-14-36-16-18-38-20-22-40-24-26-42-28-30-44-32(34)4-2/h4H,2-3,5-31H2,1H3. The number of ether oxygens (including phenoxy) is 10. The van der Waals surface area contributed by atoms with E-state index in [0.717, 1.165) is 18.9 Å². The molecule has 0 aromatic rings. The molecular formula is C33H62O12. The third-order valence-electron chi connectivity index (χ3n) is 6.22. The van der Waals surface area contributed by atoms with Gasteiger partial charge in [0.2, 0.25) is 0 Å². The van der Waals surface area contributed by atoms with Crippen molar-refractivity contribution in [3.8, 4) is 0 Å². The van der Waals surface area contributed by atoms with Crippen molar-refractivity contribution in [2.24, 2.45) is 0 Å². The summed E-state index contributed by atoms with van der Waals surface area (Å²) >= 11 is 0. The first kappa shape index (κ1) is 43.4. The van der Waals surface area contributed by atoms with Gasteiger partial charge in [-0.2, -0.15) is 0 Å². The molecule has 0 fully saturated rings. The molecule has 0 amide bonds. The molecule has 0 N–H and O–H groups in total. The van der Waals surface area contributed by atoms with Crippen LogP contribution in [0.15, 0.2) is 12.7 Å². The molecule has 0 rings (SSSR count). The van der Waals surface area contributed by atoms with Crippen molar-refractivity contribution in [1.29, 1.82) is 0 Å². The lowest BCUT2D eigenvalue weighted by Crippen LogP contribution is -2.15. The first-order valence-electron chi connectivity index (χ1n) is 16.8. The van der Waals surface area contributed by atoms with Gasteiger partial charge in [-0.3, -0.25) is 4.79 Å².